The van der Waals surface area contributed by atoms with Crippen LogP contribution in [-0.2, 0) is 13.0 Å². The van der Waals surface area contributed by atoms with Crippen LogP contribution >= 0.6 is 0 Å². The second kappa shape index (κ2) is 5.39. The Kier molecular flexibility index (Phi) is 3.23. The molecule has 0 N–H and O–H groups in total. The van der Waals surface area contributed by atoms with Crippen LogP contribution in [0.25, 0.3) is 21.9 Å². The molecular formula is C19H16N2O2. The van der Waals surface area contributed by atoms with Gasteiger partial charge in [0.05, 0.1) is 18.1 Å². The average molecular weight is 304 g/mol. The van der Waals surface area contributed by atoms with Gasteiger partial charge in [-0.2, -0.15) is 5.10 Å². The predicted octanol–water partition coefficient (Wildman–Crippen LogP) is 3.75. The standard InChI is InChI=1S/C19H16N2O2/c1-2-13-8-9-17-15(10-13)16-11-20-21(19(22)18(16)23-17)12-14-6-4-3-5-7-14/h3-11H,2,12H2,1H3. The quantitative estimate of drug-likeness (QED) is 0.579. The molecular weight excluding hydrogens is 288 g/mol. The van der Waals surface area contributed by atoms with Crippen LogP contribution in [0.4, 0.5) is 0 Å². The molecule has 114 valence electrons. The summed E-state index contributed by atoms with van der Waals surface area (Å²) < 4.78 is 7.23. The lowest BCUT2D eigenvalue weighted by molar-refractivity contribution is 0.609. The first-order valence-electron chi connectivity index (χ1n) is 7.71. The Morgan fingerprint density at radius 1 is 1.04 bits per heavy atom. The Hall–Kier alpha value is -2.88. The summed E-state index contributed by atoms with van der Waals surface area (Å²) in [6, 6.07) is 15.8. The summed E-state index contributed by atoms with van der Waals surface area (Å²) in [4.78, 5) is 12.7. The number of aromatic nitrogens is 2. The molecule has 0 amide bonds. The van der Waals surface area contributed by atoms with Gasteiger partial charge in [0.25, 0.3) is 0 Å². The average Bonchev–Trinajstić information content (AvgIpc) is 2.97. The normalized spacial score (nSPS) is 11.3. The zero-order valence-electron chi connectivity index (χ0n) is 12.8. The number of hydrogen-bond donors (Lipinski definition) is 0. The largest absolute Gasteiger partial charge is 0.450 e. The first-order valence-corrected chi connectivity index (χ1v) is 7.71. The Labute approximate surface area is 133 Å². The number of aryl methyl sites for hydroxylation is 1. The van der Waals surface area contributed by atoms with E-state index < -0.39 is 0 Å². The molecule has 4 aromatic rings. The molecule has 0 fully saturated rings. The van der Waals surface area contributed by atoms with E-state index in [2.05, 4.69) is 18.1 Å². The highest BCUT2D eigenvalue weighted by Crippen LogP contribution is 2.27. The molecule has 4 nitrogen and oxygen atoms in total. The van der Waals surface area contributed by atoms with Gasteiger partial charge in [-0.25, -0.2) is 4.68 Å². The molecule has 0 saturated carbocycles. The van der Waals surface area contributed by atoms with Crippen LogP contribution in [0.3, 0.4) is 0 Å². The van der Waals surface area contributed by atoms with E-state index in [4.69, 9.17) is 4.42 Å². The second-order valence-electron chi connectivity index (χ2n) is 5.62. The Morgan fingerprint density at radius 3 is 2.65 bits per heavy atom. The minimum absolute atomic E-state index is 0.194. The molecule has 4 rings (SSSR count). The van der Waals surface area contributed by atoms with E-state index in [1.807, 2.05) is 42.5 Å². The van der Waals surface area contributed by atoms with Crippen molar-refractivity contribution in [3.05, 3.63) is 76.2 Å². The molecule has 0 aliphatic rings. The van der Waals surface area contributed by atoms with Gasteiger partial charge in [0.1, 0.15) is 5.58 Å². The number of fused-ring (bicyclic) bond motifs is 3. The maximum atomic E-state index is 12.7. The molecule has 0 aliphatic carbocycles. The molecule has 0 aliphatic heterocycles. The van der Waals surface area contributed by atoms with Crippen LogP contribution in [0.1, 0.15) is 18.1 Å². The third kappa shape index (κ3) is 2.32. The van der Waals surface area contributed by atoms with Crippen molar-refractivity contribution in [2.75, 3.05) is 0 Å². The summed E-state index contributed by atoms with van der Waals surface area (Å²) >= 11 is 0. The molecule has 23 heavy (non-hydrogen) atoms. The smallest absolute Gasteiger partial charge is 0.310 e. The van der Waals surface area contributed by atoms with E-state index >= 15 is 0 Å². The van der Waals surface area contributed by atoms with Gasteiger partial charge >= 0.3 is 5.56 Å². The van der Waals surface area contributed by atoms with Gasteiger partial charge in [0, 0.05) is 5.39 Å². The number of rotatable bonds is 3. The van der Waals surface area contributed by atoms with Crippen molar-refractivity contribution in [2.24, 2.45) is 0 Å². The van der Waals surface area contributed by atoms with Crippen molar-refractivity contribution in [3.63, 3.8) is 0 Å². The molecule has 0 spiro atoms. The maximum Gasteiger partial charge on any atom is 0.310 e. The lowest BCUT2D eigenvalue weighted by Crippen LogP contribution is -2.22. The van der Waals surface area contributed by atoms with E-state index in [9.17, 15) is 4.79 Å². The van der Waals surface area contributed by atoms with Gasteiger partial charge in [-0.05, 0) is 29.7 Å². The fourth-order valence-electron chi connectivity index (χ4n) is 2.84. The van der Waals surface area contributed by atoms with E-state index in [1.165, 1.54) is 10.2 Å². The van der Waals surface area contributed by atoms with E-state index in [0.717, 1.165) is 28.3 Å². The fraction of sp³-hybridized carbons (Fsp3) is 0.158. The molecule has 4 heteroatoms. The van der Waals surface area contributed by atoms with Crippen molar-refractivity contribution in [1.82, 2.24) is 9.78 Å². The van der Waals surface area contributed by atoms with Gasteiger partial charge in [-0.1, -0.05) is 43.3 Å². The molecule has 0 radical (unpaired) electrons. The summed E-state index contributed by atoms with van der Waals surface area (Å²) in [6.07, 6.45) is 2.67. The SMILES string of the molecule is CCc1ccc2oc3c(=O)n(Cc4ccccc4)ncc3c2c1. The maximum absolute atomic E-state index is 12.7. The minimum atomic E-state index is -0.194. The van der Waals surface area contributed by atoms with Crippen LogP contribution in [0.2, 0.25) is 0 Å². The molecule has 2 aromatic heterocycles. The molecule has 2 heterocycles. The third-order valence-corrected chi connectivity index (χ3v) is 4.13. The summed E-state index contributed by atoms with van der Waals surface area (Å²) in [7, 11) is 0. The van der Waals surface area contributed by atoms with E-state index in [-0.39, 0.29) is 5.56 Å². The minimum Gasteiger partial charge on any atom is -0.450 e. The Balaban J connectivity index is 1.88. The van der Waals surface area contributed by atoms with Crippen molar-refractivity contribution < 1.29 is 4.42 Å². The zero-order chi connectivity index (χ0) is 15.8. The topological polar surface area (TPSA) is 48.0 Å². The summed E-state index contributed by atoms with van der Waals surface area (Å²) in [6.45, 7) is 2.54. The monoisotopic (exact) mass is 304 g/mol. The number of benzene rings is 2. The van der Waals surface area contributed by atoms with Crippen LogP contribution in [-0.4, -0.2) is 9.78 Å². The highest BCUT2D eigenvalue weighted by molar-refractivity contribution is 6.04. The van der Waals surface area contributed by atoms with Gasteiger partial charge in [-0.3, -0.25) is 4.79 Å². The highest BCUT2D eigenvalue weighted by atomic mass is 16.3. The van der Waals surface area contributed by atoms with Crippen LogP contribution in [0.5, 0.6) is 0 Å². The molecule has 0 bridgehead atoms. The Morgan fingerprint density at radius 2 is 1.87 bits per heavy atom. The molecule has 2 aromatic carbocycles. The predicted molar refractivity (Wildman–Crippen MR) is 90.7 cm³/mol. The summed E-state index contributed by atoms with van der Waals surface area (Å²) in [5.74, 6) is 0. The lowest BCUT2D eigenvalue weighted by Gasteiger charge is -2.03. The summed E-state index contributed by atoms with van der Waals surface area (Å²) in [5.41, 5.74) is 3.16. The molecule has 0 unspecified atom stereocenters. The lowest BCUT2D eigenvalue weighted by atomic mass is 10.1. The highest BCUT2D eigenvalue weighted by Gasteiger charge is 2.13. The van der Waals surface area contributed by atoms with E-state index in [1.54, 1.807) is 6.20 Å². The van der Waals surface area contributed by atoms with Crippen LogP contribution < -0.4 is 5.56 Å². The fourth-order valence-corrected chi connectivity index (χ4v) is 2.84. The number of nitrogens with zero attached hydrogens (tertiary/aromatic N) is 2. The second-order valence-corrected chi connectivity index (χ2v) is 5.62. The number of furan rings is 1. The first kappa shape index (κ1) is 13.8. The van der Waals surface area contributed by atoms with Gasteiger partial charge in [0.2, 0.25) is 5.58 Å². The third-order valence-electron chi connectivity index (χ3n) is 4.13. The number of hydrogen-bond acceptors (Lipinski definition) is 3. The molecule has 0 atom stereocenters. The van der Waals surface area contributed by atoms with Gasteiger partial charge in [0.15, 0.2) is 0 Å². The van der Waals surface area contributed by atoms with E-state index in [0.29, 0.717) is 12.1 Å². The van der Waals surface area contributed by atoms with Crippen molar-refractivity contribution in [3.8, 4) is 0 Å². The van der Waals surface area contributed by atoms with Crippen LogP contribution in [0.15, 0.2) is 63.9 Å². The zero-order valence-corrected chi connectivity index (χ0v) is 12.8. The first-order chi connectivity index (χ1) is 11.3. The van der Waals surface area contributed by atoms with Crippen molar-refractivity contribution >= 4 is 21.9 Å². The van der Waals surface area contributed by atoms with Crippen molar-refractivity contribution in [2.45, 2.75) is 19.9 Å². The Bertz CT molecular complexity index is 1050. The van der Waals surface area contributed by atoms with Gasteiger partial charge in [-0.15, -0.1) is 0 Å². The molecule has 0 saturated heterocycles. The van der Waals surface area contributed by atoms with Crippen molar-refractivity contribution in [1.29, 1.82) is 0 Å². The van der Waals surface area contributed by atoms with Crippen LogP contribution in [0, 0.1) is 0 Å². The summed E-state index contributed by atoms with van der Waals surface area (Å²) in [5, 5.41) is 6.06. The van der Waals surface area contributed by atoms with Gasteiger partial charge < -0.3 is 4.42 Å².